The molecule has 1 saturated carbocycles. The molecule has 2 aromatic rings. The summed E-state index contributed by atoms with van der Waals surface area (Å²) >= 11 is 1.27. The zero-order valence-electron chi connectivity index (χ0n) is 18.0. The summed E-state index contributed by atoms with van der Waals surface area (Å²) in [5, 5.41) is 4.15. The van der Waals surface area contributed by atoms with E-state index < -0.39 is 5.41 Å². The molecule has 0 radical (unpaired) electrons. The van der Waals surface area contributed by atoms with Crippen molar-refractivity contribution in [2.75, 3.05) is 18.9 Å². The van der Waals surface area contributed by atoms with E-state index in [1.807, 2.05) is 20.8 Å². The van der Waals surface area contributed by atoms with E-state index in [4.69, 9.17) is 15.2 Å². The minimum Gasteiger partial charge on any atom is -0.466 e. The highest BCUT2D eigenvalue weighted by molar-refractivity contribution is 7.20. The first-order valence-electron chi connectivity index (χ1n) is 10.4. The van der Waals surface area contributed by atoms with E-state index in [-0.39, 0.29) is 18.0 Å². The molecule has 3 N–H and O–H groups in total. The molecule has 8 nitrogen and oxygen atoms in total. The molecule has 0 spiro atoms. The van der Waals surface area contributed by atoms with E-state index in [0.717, 1.165) is 31.2 Å². The van der Waals surface area contributed by atoms with Gasteiger partial charge in [0.25, 0.3) is 0 Å². The zero-order valence-corrected chi connectivity index (χ0v) is 18.9. The average molecular weight is 435 g/mol. The molecular weight excluding hydrogens is 404 g/mol. The summed E-state index contributed by atoms with van der Waals surface area (Å²) in [6.07, 6.45) is 3.74. The van der Waals surface area contributed by atoms with E-state index >= 15 is 0 Å². The van der Waals surface area contributed by atoms with E-state index in [1.54, 1.807) is 6.92 Å². The van der Waals surface area contributed by atoms with Gasteiger partial charge in [0.15, 0.2) is 0 Å². The van der Waals surface area contributed by atoms with Crippen LogP contribution in [0, 0.1) is 12.3 Å². The van der Waals surface area contributed by atoms with Crippen molar-refractivity contribution >= 4 is 39.3 Å². The fourth-order valence-electron chi connectivity index (χ4n) is 4.10. The Kier molecular flexibility index (Phi) is 6.92. The van der Waals surface area contributed by atoms with Crippen LogP contribution < -0.4 is 11.1 Å². The quantitative estimate of drug-likeness (QED) is 0.637. The molecule has 0 aliphatic heterocycles. The number of aryl methyl sites for hydroxylation is 1. The van der Waals surface area contributed by atoms with Gasteiger partial charge in [0, 0.05) is 6.04 Å². The lowest BCUT2D eigenvalue weighted by Crippen LogP contribution is -2.50. The SMILES string of the molecule is CCOC(=O)c1sc2nc(CNC3CCCCC3(C)C(=O)OCC)nc(N)c2c1C. The second-order valence-electron chi connectivity index (χ2n) is 7.80. The minimum atomic E-state index is -0.569. The third-order valence-electron chi connectivity index (χ3n) is 5.78. The van der Waals surface area contributed by atoms with Gasteiger partial charge < -0.3 is 20.5 Å². The number of carbonyl (C=O) groups excluding carboxylic acids is 2. The predicted octanol–water partition coefficient (Wildman–Crippen LogP) is 3.36. The number of anilines is 1. The lowest BCUT2D eigenvalue weighted by molar-refractivity contribution is -0.158. The Morgan fingerprint density at radius 3 is 2.67 bits per heavy atom. The van der Waals surface area contributed by atoms with Crippen LogP contribution in [0.4, 0.5) is 5.82 Å². The summed E-state index contributed by atoms with van der Waals surface area (Å²) in [4.78, 5) is 35.0. The Balaban J connectivity index is 1.82. The molecule has 3 rings (SSSR count). The number of nitrogens with one attached hydrogen (secondary N) is 1. The van der Waals surface area contributed by atoms with Crippen LogP contribution in [0.15, 0.2) is 0 Å². The molecule has 2 atom stereocenters. The number of hydrogen-bond donors (Lipinski definition) is 2. The Bertz CT molecular complexity index is 945. The normalized spacial score (nSPS) is 21.5. The monoisotopic (exact) mass is 434 g/mol. The van der Waals surface area contributed by atoms with Crippen LogP contribution in [-0.4, -0.2) is 41.2 Å². The van der Waals surface area contributed by atoms with E-state index in [2.05, 4.69) is 15.3 Å². The number of hydrogen-bond acceptors (Lipinski definition) is 9. The second-order valence-corrected chi connectivity index (χ2v) is 8.80. The summed E-state index contributed by atoms with van der Waals surface area (Å²) in [6, 6.07) is -0.0222. The number of carbonyl (C=O) groups is 2. The van der Waals surface area contributed by atoms with Gasteiger partial charge in [-0.3, -0.25) is 4.79 Å². The molecule has 0 amide bonds. The van der Waals surface area contributed by atoms with Gasteiger partial charge in [0.2, 0.25) is 0 Å². The van der Waals surface area contributed by atoms with Crippen LogP contribution in [-0.2, 0) is 20.8 Å². The number of fused-ring (bicyclic) bond motifs is 1. The fraction of sp³-hybridized carbons (Fsp3) is 0.619. The van der Waals surface area contributed by atoms with Gasteiger partial charge in [0.05, 0.1) is 30.6 Å². The number of nitrogen functional groups attached to an aromatic ring is 1. The van der Waals surface area contributed by atoms with Gasteiger partial charge in [-0.1, -0.05) is 12.8 Å². The molecule has 2 unspecified atom stereocenters. The Labute approximate surface area is 180 Å². The second kappa shape index (κ2) is 9.26. The van der Waals surface area contributed by atoms with Crippen LogP contribution in [0.25, 0.3) is 10.2 Å². The molecule has 30 heavy (non-hydrogen) atoms. The number of rotatable bonds is 7. The van der Waals surface area contributed by atoms with Crippen LogP contribution in [0.5, 0.6) is 0 Å². The summed E-state index contributed by atoms with van der Waals surface area (Å²) in [5.41, 5.74) is 6.37. The summed E-state index contributed by atoms with van der Waals surface area (Å²) in [7, 11) is 0. The van der Waals surface area contributed by atoms with E-state index in [1.165, 1.54) is 11.3 Å². The van der Waals surface area contributed by atoms with Crippen molar-refractivity contribution in [2.45, 2.75) is 66.0 Å². The highest BCUT2D eigenvalue weighted by Gasteiger charge is 2.44. The zero-order chi connectivity index (χ0) is 21.9. The molecule has 1 aliphatic carbocycles. The number of ether oxygens (including phenoxy) is 2. The van der Waals surface area contributed by atoms with Gasteiger partial charge in [0.1, 0.15) is 21.3 Å². The summed E-state index contributed by atoms with van der Waals surface area (Å²) in [5.74, 6) is 0.349. The fourth-order valence-corrected chi connectivity index (χ4v) is 5.20. The first-order valence-corrected chi connectivity index (χ1v) is 11.3. The first kappa shape index (κ1) is 22.4. The van der Waals surface area contributed by atoms with Crippen molar-refractivity contribution in [1.29, 1.82) is 0 Å². The Morgan fingerprint density at radius 1 is 1.23 bits per heavy atom. The number of nitrogens with two attached hydrogens (primary N) is 1. The molecule has 0 saturated heterocycles. The van der Waals surface area contributed by atoms with Crippen molar-refractivity contribution in [3.05, 3.63) is 16.3 Å². The molecule has 164 valence electrons. The maximum Gasteiger partial charge on any atom is 0.348 e. The molecular formula is C21H30N4O4S. The minimum absolute atomic E-state index is 0.0222. The highest BCUT2D eigenvalue weighted by atomic mass is 32.1. The van der Waals surface area contributed by atoms with Gasteiger partial charge in [-0.2, -0.15) is 0 Å². The smallest absolute Gasteiger partial charge is 0.348 e. The maximum atomic E-state index is 12.6. The van der Waals surface area contributed by atoms with E-state index in [9.17, 15) is 9.59 Å². The third-order valence-corrected chi connectivity index (χ3v) is 6.95. The number of nitrogens with zero attached hydrogens (tertiary/aromatic N) is 2. The van der Waals surface area contributed by atoms with E-state index in [0.29, 0.717) is 46.5 Å². The summed E-state index contributed by atoms with van der Waals surface area (Å²) < 4.78 is 10.5. The van der Waals surface area contributed by atoms with Gasteiger partial charge in [-0.15, -0.1) is 11.3 Å². The molecule has 9 heteroatoms. The van der Waals surface area contributed by atoms with Gasteiger partial charge in [-0.25, -0.2) is 14.8 Å². The maximum absolute atomic E-state index is 12.6. The largest absolute Gasteiger partial charge is 0.466 e. The van der Waals surface area contributed by atoms with Crippen LogP contribution in [0.3, 0.4) is 0 Å². The predicted molar refractivity (Wildman–Crippen MR) is 116 cm³/mol. The Hall–Kier alpha value is -2.26. The average Bonchev–Trinajstić information content (AvgIpc) is 3.04. The summed E-state index contributed by atoms with van der Waals surface area (Å²) in [6.45, 7) is 8.46. The molecule has 0 aromatic carbocycles. The van der Waals surface area contributed by atoms with Gasteiger partial charge >= 0.3 is 11.9 Å². The molecule has 0 bridgehead atoms. The van der Waals surface area contributed by atoms with Crippen molar-refractivity contribution in [1.82, 2.24) is 15.3 Å². The highest BCUT2D eigenvalue weighted by Crippen LogP contribution is 2.38. The molecule has 2 heterocycles. The lowest BCUT2D eigenvalue weighted by atomic mass is 9.71. The third kappa shape index (κ3) is 4.27. The number of aromatic nitrogens is 2. The Morgan fingerprint density at radius 2 is 1.97 bits per heavy atom. The van der Waals surface area contributed by atoms with Crippen molar-refractivity contribution in [2.24, 2.45) is 5.41 Å². The first-order chi connectivity index (χ1) is 14.3. The number of esters is 2. The standard InChI is InChI=1S/C21H30N4O4S/c1-5-28-19(26)16-12(3)15-17(22)24-14(25-18(15)30-16)11-23-13-9-7-8-10-21(13,4)20(27)29-6-2/h13,23H,5-11H2,1-4H3,(H2,22,24,25). The van der Waals surface area contributed by atoms with Crippen LogP contribution in [0.1, 0.15) is 67.5 Å². The van der Waals surface area contributed by atoms with Crippen LogP contribution >= 0.6 is 11.3 Å². The molecule has 2 aromatic heterocycles. The molecule has 1 aliphatic rings. The van der Waals surface area contributed by atoms with Crippen molar-refractivity contribution < 1.29 is 19.1 Å². The topological polar surface area (TPSA) is 116 Å². The van der Waals surface area contributed by atoms with Crippen LogP contribution in [0.2, 0.25) is 0 Å². The van der Waals surface area contributed by atoms with Crippen molar-refractivity contribution in [3.8, 4) is 0 Å². The molecule has 1 fully saturated rings. The van der Waals surface area contributed by atoms with Crippen molar-refractivity contribution in [3.63, 3.8) is 0 Å². The lowest BCUT2D eigenvalue weighted by Gasteiger charge is -2.39. The van der Waals surface area contributed by atoms with Gasteiger partial charge in [-0.05, 0) is 46.1 Å². The number of thiophene rings is 1.